The molecule has 0 radical (unpaired) electrons. The maximum atomic E-state index is 11.7. The van der Waals surface area contributed by atoms with Crippen molar-refractivity contribution in [3.05, 3.63) is 0 Å². The molecule has 0 aromatic heterocycles. The normalized spacial score (nSPS) is 16.4. The summed E-state index contributed by atoms with van der Waals surface area (Å²) in [5.74, 6) is -1.70. The van der Waals surface area contributed by atoms with Crippen molar-refractivity contribution in [3.8, 4) is 0 Å². The minimum Gasteiger partial charge on any atom is -0.481 e. The Bertz CT molecular complexity index is 323. The summed E-state index contributed by atoms with van der Waals surface area (Å²) < 4.78 is 4.43. The van der Waals surface area contributed by atoms with E-state index in [0.717, 1.165) is 0 Å². The number of hydrogen-bond acceptors (Lipinski definition) is 5. The molecule has 1 saturated heterocycles. The number of nitrogens with zero attached hydrogens (tertiary/aromatic N) is 1. The average Bonchev–Trinajstić information content (AvgIpc) is 2.38. The number of aliphatic carboxylic acids is 1. The molecular weight excluding hydrogens is 240 g/mol. The van der Waals surface area contributed by atoms with E-state index < -0.39 is 11.9 Å². The van der Waals surface area contributed by atoms with Crippen LogP contribution in [0.25, 0.3) is 0 Å². The third kappa shape index (κ3) is 4.33. The Morgan fingerprint density at radius 1 is 1.28 bits per heavy atom. The molecule has 0 aromatic rings. The molecule has 7 heteroatoms. The molecular formula is C11H18N2O5. The highest BCUT2D eigenvalue weighted by molar-refractivity contribution is 5.80. The number of piperidine rings is 1. The molecule has 18 heavy (non-hydrogen) atoms. The first-order valence-electron chi connectivity index (χ1n) is 5.82. The molecule has 102 valence electrons. The Morgan fingerprint density at radius 3 is 2.39 bits per heavy atom. The van der Waals surface area contributed by atoms with Gasteiger partial charge in [0.25, 0.3) is 0 Å². The van der Waals surface area contributed by atoms with Crippen molar-refractivity contribution >= 4 is 17.8 Å². The Balaban J connectivity index is 2.24. The van der Waals surface area contributed by atoms with Crippen LogP contribution in [0.2, 0.25) is 0 Å². The summed E-state index contributed by atoms with van der Waals surface area (Å²) in [5, 5.41) is 11.5. The molecule has 1 amide bonds. The second-order valence-electron chi connectivity index (χ2n) is 4.17. The first kappa shape index (κ1) is 14.4. The van der Waals surface area contributed by atoms with Gasteiger partial charge in [-0.2, -0.15) is 0 Å². The Morgan fingerprint density at radius 2 is 1.89 bits per heavy atom. The van der Waals surface area contributed by atoms with Gasteiger partial charge in [-0.25, -0.2) is 0 Å². The third-order valence-electron chi connectivity index (χ3n) is 2.97. The molecule has 1 aliphatic heterocycles. The zero-order valence-corrected chi connectivity index (χ0v) is 10.3. The fraction of sp³-hybridized carbons (Fsp3) is 0.727. The lowest BCUT2D eigenvalue weighted by molar-refractivity contribution is -0.145. The number of amides is 1. The van der Waals surface area contributed by atoms with Crippen molar-refractivity contribution < 1.29 is 24.2 Å². The van der Waals surface area contributed by atoms with Gasteiger partial charge in [-0.1, -0.05) is 0 Å². The number of methoxy groups -OCH3 is 1. The van der Waals surface area contributed by atoms with E-state index in [1.807, 2.05) is 0 Å². The molecule has 0 spiro atoms. The topological polar surface area (TPSA) is 95.9 Å². The van der Waals surface area contributed by atoms with Crippen LogP contribution in [0.5, 0.6) is 0 Å². The molecule has 1 rings (SSSR count). The van der Waals surface area contributed by atoms with Gasteiger partial charge in [0.2, 0.25) is 5.91 Å². The SMILES string of the molecule is COC(=O)CNCC(=O)N1CCC(C(=O)O)CC1. The molecule has 0 atom stereocenters. The Hall–Kier alpha value is -1.63. The molecule has 1 heterocycles. The standard InChI is InChI=1S/C11H18N2O5/c1-18-10(15)7-12-6-9(14)13-4-2-8(3-5-13)11(16)17/h8,12H,2-7H2,1H3,(H,16,17). The van der Waals surface area contributed by atoms with Gasteiger partial charge in [-0.3, -0.25) is 19.7 Å². The van der Waals surface area contributed by atoms with Crippen LogP contribution in [0.3, 0.4) is 0 Å². The summed E-state index contributed by atoms with van der Waals surface area (Å²) in [6.07, 6.45) is 0.968. The highest BCUT2D eigenvalue weighted by Crippen LogP contribution is 2.16. The molecule has 7 nitrogen and oxygen atoms in total. The van der Waals surface area contributed by atoms with Gasteiger partial charge in [-0.05, 0) is 12.8 Å². The second kappa shape index (κ2) is 6.95. The molecule has 0 aromatic carbocycles. The van der Waals surface area contributed by atoms with Crippen LogP contribution in [0.4, 0.5) is 0 Å². The zero-order valence-electron chi connectivity index (χ0n) is 10.3. The van der Waals surface area contributed by atoms with Crippen LogP contribution in [-0.4, -0.2) is 61.1 Å². The van der Waals surface area contributed by atoms with Crippen molar-refractivity contribution in [1.82, 2.24) is 10.2 Å². The van der Waals surface area contributed by atoms with Gasteiger partial charge in [0, 0.05) is 13.1 Å². The van der Waals surface area contributed by atoms with Crippen LogP contribution in [-0.2, 0) is 19.1 Å². The number of likely N-dealkylation sites (tertiary alicyclic amines) is 1. The number of ether oxygens (including phenoxy) is 1. The minimum absolute atomic E-state index is 0.00612. The summed E-state index contributed by atoms with van der Waals surface area (Å²) in [6.45, 7) is 0.964. The summed E-state index contributed by atoms with van der Waals surface area (Å²) in [4.78, 5) is 34.9. The predicted octanol–water partition coefficient (Wildman–Crippen LogP) is -0.928. The van der Waals surface area contributed by atoms with E-state index in [1.54, 1.807) is 4.90 Å². The smallest absolute Gasteiger partial charge is 0.319 e. The lowest BCUT2D eigenvalue weighted by atomic mass is 9.97. The van der Waals surface area contributed by atoms with E-state index in [2.05, 4.69) is 10.1 Å². The Labute approximate surface area is 105 Å². The maximum Gasteiger partial charge on any atom is 0.319 e. The number of nitrogens with one attached hydrogen (secondary N) is 1. The van der Waals surface area contributed by atoms with Crippen LogP contribution < -0.4 is 5.32 Å². The fourth-order valence-corrected chi connectivity index (χ4v) is 1.83. The van der Waals surface area contributed by atoms with Gasteiger partial charge in [0.15, 0.2) is 0 Å². The summed E-state index contributed by atoms with van der Waals surface area (Å²) in [7, 11) is 1.28. The molecule has 0 unspecified atom stereocenters. The lowest BCUT2D eigenvalue weighted by Gasteiger charge is -2.30. The molecule has 0 aliphatic carbocycles. The van der Waals surface area contributed by atoms with Gasteiger partial charge in [0.05, 0.1) is 26.1 Å². The largest absolute Gasteiger partial charge is 0.481 e. The summed E-state index contributed by atoms with van der Waals surface area (Å²) in [5.41, 5.74) is 0. The first-order chi connectivity index (χ1) is 8.54. The average molecular weight is 258 g/mol. The van der Waals surface area contributed by atoms with Crippen molar-refractivity contribution in [3.63, 3.8) is 0 Å². The first-order valence-corrected chi connectivity index (χ1v) is 5.82. The summed E-state index contributed by atoms with van der Waals surface area (Å²) in [6, 6.07) is 0. The van der Waals surface area contributed by atoms with Crippen molar-refractivity contribution in [2.75, 3.05) is 33.3 Å². The van der Waals surface area contributed by atoms with E-state index in [9.17, 15) is 14.4 Å². The second-order valence-corrected chi connectivity index (χ2v) is 4.17. The van der Waals surface area contributed by atoms with E-state index in [0.29, 0.717) is 25.9 Å². The van der Waals surface area contributed by atoms with Crippen LogP contribution >= 0.6 is 0 Å². The van der Waals surface area contributed by atoms with Crippen LogP contribution in [0.1, 0.15) is 12.8 Å². The van der Waals surface area contributed by atoms with Crippen molar-refractivity contribution in [2.24, 2.45) is 5.92 Å². The van der Waals surface area contributed by atoms with Gasteiger partial charge < -0.3 is 14.7 Å². The number of carboxylic acids is 1. The molecule has 0 saturated carbocycles. The van der Waals surface area contributed by atoms with E-state index in [4.69, 9.17) is 5.11 Å². The molecule has 1 fully saturated rings. The monoisotopic (exact) mass is 258 g/mol. The summed E-state index contributed by atoms with van der Waals surface area (Å²) >= 11 is 0. The third-order valence-corrected chi connectivity index (χ3v) is 2.97. The zero-order chi connectivity index (χ0) is 13.5. The van der Waals surface area contributed by atoms with Gasteiger partial charge >= 0.3 is 11.9 Å². The van der Waals surface area contributed by atoms with Crippen molar-refractivity contribution in [1.29, 1.82) is 0 Å². The minimum atomic E-state index is -0.800. The highest BCUT2D eigenvalue weighted by atomic mass is 16.5. The quantitative estimate of drug-likeness (QED) is 0.619. The molecule has 2 N–H and O–H groups in total. The number of carbonyl (C=O) groups excluding carboxylic acids is 2. The number of carboxylic acid groups (broad SMARTS) is 1. The number of carbonyl (C=O) groups is 3. The van der Waals surface area contributed by atoms with Gasteiger partial charge in [0.1, 0.15) is 0 Å². The van der Waals surface area contributed by atoms with E-state index >= 15 is 0 Å². The molecule has 0 bridgehead atoms. The highest BCUT2D eigenvalue weighted by Gasteiger charge is 2.26. The van der Waals surface area contributed by atoms with E-state index in [-0.39, 0.29) is 24.9 Å². The molecule has 1 aliphatic rings. The Kier molecular flexibility index (Phi) is 5.57. The number of esters is 1. The number of hydrogen-bond donors (Lipinski definition) is 2. The van der Waals surface area contributed by atoms with E-state index in [1.165, 1.54) is 7.11 Å². The lowest BCUT2D eigenvalue weighted by Crippen LogP contribution is -2.44. The van der Waals surface area contributed by atoms with Crippen LogP contribution in [0, 0.1) is 5.92 Å². The van der Waals surface area contributed by atoms with Crippen molar-refractivity contribution in [2.45, 2.75) is 12.8 Å². The maximum absolute atomic E-state index is 11.7. The van der Waals surface area contributed by atoms with Gasteiger partial charge in [-0.15, -0.1) is 0 Å². The fourth-order valence-electron chi connectivity index (χ4n) is 1.83. The number of rotatable bonds is 5. The van der Waals surface area contributed by atoms with Crippen LogP contribution in [0.15, 0.2) is 0 Å². The predicted molar refractivity (Wildman–Crippen MR) is 61.8 cm³/mol.